The van der Waals surface area contributed by atoms with Gasteiger partial charge in [-0.3, -0.25) is 4.57 Å². The number of nitrogens with one attached hydrogen (secondary N) is 1. The van der Waals surface area contributed by atoms with Crippen LogP contribution in [0.5, 0.6) is 0 Å². The number of para-hydroxylation sites is 1. The van der Waals surface area contributed by atoms with Gasteiger partial charge in [0.05, 0.1) is 16.4 Å². The maximum atomic E-state index is 6.19. The Morgan fingerprint density at radius 1 is 1.05 bits per heavy atom. The van der Waals surface area contributed by atoms with Gasteiger partial charge in [-0.25, -0.2) is 4.98 Å². The van der Waals surface area contributed by atoms with Crippen molar-refractivity contribution >= 4 is 34.8 Å². The van der Waals surface area contributed by atoms with Gasteiger partial charge in [-0.15, -0.1) is 0 Å². The molecule has 5 heteroatoms. The first-order chi connectivity index (χ1) is 10.1. The largest absolute Gasteiger partial charge is 0.324 e. The topological polar surface area (TPSA) is 29.9 Å². The summed E-state index contributed by atoms with van der Waals surface area (Å²) in [6.07, 6.45) is 1.97. The molecule has 0 bridgehead atoms. The molecular weight excluding hydrogens is 305 g/mol. The van der Waals surface area contributed by atoms with Crippen LogP contribution >= 0.6 is 23.2 Å². The van der Waals surface area contributed by atoms with Crippen molar-refractivity contribution in [3.05, 3.63) is 70.5 Å². The Bertz CT molecular complexity index is 766. The molecule has 0 aliphatic rings. The molecule has 3 nitrogen and oxygen atoms in total. The molecule has 0 aliphatic carbocycles. The van der Waals surface area contributed by atoms with Gasteiger partial charge in [0.15, 0.2) is 0 Å². The van der Waals surface area contributed by atoms with Gasteiger partial charge in [0, 0.05) is 16.9 Å². The van der Waals surface area contributed by atoms with Gasteiger partial charge in [-0.2, -0.15) is 0 Å². The maximum Gasteiger partial charge on any atom is 0.212 e. The quantitative estimate of drug-likeness (QED) is 0.716. The lowest BCUT2D eigenvalue weighted by molar-refractivity contribution is 1.06. The van der Waals surface area contributed by atoms with Gasteiger partial charge < -0.3 is 5.32 Å². The summed E-state index contributed by atoms with van der Waals surface area (Å²) in [5.74, 6) is 0.697. The molecule has 1 heterocycles. The van der Waals surface area contributed by atoms with Crippen molar-refractivity contribution in [1.29, 1.82) is 0 Å². The lowest BCUT2D eigenvalue weighted by Crippen LogP contribution is -2.01. The van der Waals surface area contributed by atoms with E-state index in [1.807, 2.05) is 48.0 Å². The first-order valence-corrected chi connectivity index (χ1v) is 7.22. The molecule has 0 aliphatic heterocycles. The van der Waals surface area contributed by atoms with Gasteiger partial charge in [-0.05, 0) is 37.3 Å². The Morgan fingerprint density at radius 2 is 1.81 bits per heavy atom. The number of nitrogens with zero attached hydrogens (tertiary/aromatic N) is 2. The summed E-state index contributed by atoms with van der Waals surface area (Å²) < 4.78 is 1.98. The fourth-order valence-electron chi connectivity index (χ4n) is 2.09. The van der Waals surface area contributed by atoms with Gasteiger partial charge in [0.25, 0.3) is 0 Å². The van der Waals surface area contributed by atoms with Crippen LogP contribution in [0.2, 0.25) is 10.0 Å². The van der Waals surface area contributed by atoms with Gasteiger partial charge in [0.2, 0.25) is 5.95 Å². The van der Waals surface area contributed by atoms with Crippen LogP contribution in [-0.2, 0) is 0 Å². The smallest absolute Gasteiger partial charge is 0.212 e. The van der Waals surface area contributed by atoms with Gasteiger partial charge in [0.1, 0.15) is 0 Å². The van der Waals surface area contributed by atoms with E-state index in [4.69, 9.17) is 23.2 Å². The fourth-order valence-corrected chi connectivity index (χ4v) is 2.42. The first-order valence-electron chi connectivity index (χ1n) is 6.47. The lowest BCUT2D eigenvalue weighted by atomic mass is 10.3. The molecule has 0 saturated carbocycles. The predicted octanol–water partition coefficient (Wildman–Crippen LogP) is 5.23. The number of benzene rings is 2. The number of aryl methyl sites for hydroxylation is 1. The normalized spacial score (nSPS) is 10.6. The van der Waals surface area contributed by atoms with E-state index in [2.05, 4.69) is 10.3 Å². The van der Waals surface area contributed by atoms with E-state index in [1.165, 1.54) is 0 Å². The second kappa shape index (κ2) is 5.80. The highest BCUT2D eigenvalue weighted by Crippen LogP contribution is 2.29. The summed E-state index contributed by atoms with van der Waals surface area (Å²) in [7, 11) is 0. The van der Waals surface area contributed by atoms with E-state index < -0.39 is 0 Å². The van der Waals surface area contributed by atoms with Gasteiger partial charge in [-0.1, -0.05) is 41.4 Å². The van der Waals surface area contributed by atoms with Crippen LogP contribution < -0.4 is 5.32 Å². The van der Waals surface area contributed by atoms with Crippen LogP contribution in [0.1, 0.15) is 5.69 Å². The molecule has 0 amide bonds. The molecule has 21 heavy (non-hydrogen) atoms. The third-order valence-corrected chi connectivity index (χ3v) is 3.60. The molecule has 0 unspecified atom stereocenters. The molecule has 1 aromatic heterocycles. The summed E-state index contributed by atoms with van der Waals surface area (Å²) in [5.41, 5.74) is 2.67. The molecule has 106 valence electrons. The lowest BCUT2D eigenvalue weighted by Gasteiger charge is -2.11. The second-order valence-corrected chi connectivity index (χ2v) is 5.50. The van der Waals surface area contributed by atoms with E-state index in [9.17, 15) is 0 Å². The van der Waals surface area contributed by atoms with E-state index in [1.54, 1.807) is 18.2 Å². The average molecular weight is 318 g/mol. The van der Waals surface area contributed by atoms with E-state index in [-0.39, 0.29) is 0 Å². The van der Waals surface area contributed by atoms with Gasteiger partial charge >= 0.3 is 0 Å². The van der Waals surface area contributed by atoms with Crippen molar-refractivity contribution in [3.63, 3.8) is 0 Å². The molecule has 0 spiro atoms. The van der Waals surface area contributed by atoms with Crippen molar-refractivity contribution in [1.82, 2.24) is 9.55 Å². The highest BCUT2D eigenvalue weighted by atomic mass is 35.5. The minimum Gasteiger partial charge on any atom is -0.324 e. The third-order valence-electron chi connectivity index (χ3n) is 3.04. The van der Waals surface area contributed by atoms with Crippen molar-refractivity contribution in [3.8, 4) is 5.69 Å². The van der Waals surface area contributed by atoms with Crippen LogP contribution in [0.15, 0.2) is 54.7 Å². The molecular formula is C16H13Cl2N3. The number of hydrogen-bond donors (Lipinski definition) is 1. The number of aromatic nitrogens is 2. The Balaban J connectivity index is 2.02. The molecule has 3 aromatic rings. The second-order valence-electron chi connectivity index (χ2n) is 4.66. The SMILES string of the molecule is Cc1cn(-c2ccccc2)c(Nc2cc(Cl)ccc2Cl)n1. The maximum absolute atomic E-state index is 6.19. The number of anilines is 2. The Hall–Kier alpha value is -1.97. The van der Waals surface area contributed by atoms with Crippen molar-refractivity contribution < 1.29 is 0 Å². The molecule has 0 atom stereocenters. The standard InChI is InChI=1S/C16H13Cl2N3/c1-11-10-21(13-5-3-2-4-6-13)16(19-11)20-15-9-12(17)7-8-14(15)18/h2-10H,1H3,(H,19,20). The van der Waals surface area contributed by atoms with E-state index in [0.717, 1.165) is 17.1 Å². The monoisotopic (exact) mass is 317 g/mol. The summed E-state index contributed by atoms with van der Waals surface area (Å²) in [4.78, 5) is 4.50. The third kappa shape index (κ3) is 3.04. The number of halogens is 2. The highest BCUT2D eigenvalue weighted by Gasteiger charge is 2.10. The van der Waals surface area contributed by atoms with Crippen LogP contribution in [0.3, 0.4) is 0 Å². The fraction of sp³-hybridized carbons (Fsp3) is 0.0625. The molecule has 3 rings (SSSR count). The zero-order valence-corrected chi connectivity index (χ0v) is 12.9. The molecule has 0 fully saturated rings. The van der Waals surface area contributed by atoms with Crippen molar-refractivity contribution in [2.24, 2.45) is 0 Å². The minimum atomic E-state index is 0.597. The molecule has 2 aromatic carbocycles. The van der Waals surface area contributed by atoms with Crippen LogP contribution in [0.4, 0.5) is 11.6 Å². The summed E-state index contributed by atoms with van der Waals surface area (Å²) in [6.45, 7) is 1.95. The number of imidazole rings is 1. The molecule has 1 N–H and O–H groups in total. The zero-order valence-electron chi connectivity index (χ0n) is 11.3. The zero-order chi connectivity index (χ0) is 14.8. The summed E-state index contributed by atoms with van der Waals surface area (Å²) in [6, 6.07) is 15.3. The number of hydrogen-bond acceptors (Lipinski definition) is 2. The van der Waals surface area contributed by atoms with Crippen LogP contribution in [-0.4, -0.2) is 9.55 Å². The van der Waals surface area contributed by atoms with Crippen LogP contribution in [0, 0.1) is 6.92 Å². The van der Waals surface area contributed by atoms with E-state index >= 15 is 0 Å². The highest BCUT2D eigenvalue weighted by molar-refractivity contribution is 6.35. The molecule has 0 radical (unpaired) electrons. The van der Waals surface area contributed by atoms with Crippen LogP contribution in [0.25, 0.3) is 5.69 Å². The summed E-state index contributed by atoms with van der Waals surface area (Å²) >= 11 is 12.2. The Labute approximate surface area is 133 Å². The average Bonchev–Trinajstić information content (AvgIpc) is 2.85. The first kappa shape index (κ1) is 14.0. The predicted molar refractivity (Wildman–Crippen MR) is 88.0 cm³/mol. The Morgan fingerprint density at radius 3 is 2.57 bits per heavy atom. The van der Waals surface area contributed by atoms with E-state index in [0.29, 0.717) is 16.0 Å². The molecule has 0 saturated heterocycles. The Kier molecular flexibility index (Phi) is 3.86. The number of rotatable bonds is 3. The summed E-state index contributed by atoms with van der Waals surface area (Å²) in [5, 5.41) is 4.46. The minimum absolute atomic E-state index is 0.597. The van der Waals surface area contributed by atoms with Crippen molar-refractivity contribution in [2.75, 3.05) is 5.32 Å². The van der Waals surface area contributed by atoms with Crippen molar-refractivity contribution in [2.45, 2.75) is 6.92 Å².